The minimum atomic E-state index is -1.20. The molecule has 2 amide bonds. The Bertz CT molecular complexity index is 531. The van der Waals surface area contributed by atoms with E-state index in [4.69, 9.17) is 11.5 Å². The minimum Gasteiger partial charge on any atom is -0.506 e. The third-order valence-electron chi connectivity index (χ3n) is 2.21. The molecule has 9 heteroatoms. The number of hydrogen-bond donors (Lipinski definition) is 4. The van der Waals surface area contributed by atoms with Gasteiger partial charge in [0.25, 0.3) is 5.69 Å². The predicted molar refractivity (Wildman–Crippen MR) is 65.2 cm³/mol. The SMILES string of the molecule is NC(=O)CC(N)C(=O)Nc1cc([N+](=O)[O-])ccc1O. The molecule has 0 bridgehead atoms. The van der Waals surface area contributed by atoms with Gasteiger partial charge < -0.3 is 21.9 Å². The lowest BCUT2D eigenvalue weighted by atomic mass is 10.2. The molecule has 0 aliphatic rings. The van der Waals surface area contributed by atoms with Crippen molar-refractivity contribution in [2.24, 2.45) is 11.5 Å². The first-order valence-corrected chi connectivity index (χ1v) is 5.13. The molecule has 0 aliphatic heterocycles. The van der Waals surface area contributed by atoms with Crippen LogP contribution in [0.5, 0.6) is 5.75 Å². The van der Waals surface area contributed by atoms with Crippen molar-refractivity contribution in [3.63, 3.8) is 0 Å². The smallest absolute Gasteiger partial charge is 0.271 e. The lowest BCUT2D eigenvalue weighted by Gasteiger charge is -2.11. The highest BCUT2D eigenvalue weighted by Gasteiger charge is 2.18. The highest BCUT2D eigenvalue weighted by molar-refractivity contribution is 5.98. The van der Waals surface area contributed by atoms with Gasteiger partial charge in [-0.05, 0) is 6.07 Å². The lowest BCUT2D eigenvalue weighted by molar-refractivity contribution is -0.384. The maximum Gasteiger partial charge on any atom is 0.271 e. The number of carbonyl (C=O) groups is 2. The number of benzene rings is 1. The van der Waals surface area contributed by atoms with Crippen LogP contribution in [0, 0.1) is 10.1 Å². The van der Waals surface area contributed by atoms with E-state index in [1.54, 1.807) is 0 Å². The van der Waals surface area contributed by atoms with Crippen molar-refractivity contribution in [1.29, 1.82) is 0 Å². The van der Waals surface area contributed by atoms with Crippen LogP contribution in [0.2, 0.25) is 0 Å². The van der Waals surface area contributed by atoms with Crippen LogP contribution < -0.4 is 16.8 Å². The van der Waals surface area contributed by atoms with Crippen LogP contribution >= 0.6 is 0 Å². The number of phenols is 1. The molecular formula is C10H12N4O5. The molecule has 0 saturated carbocycles. The van der Waals surface area contributed by atoms with Crippen molar-refractivity contribution in [3.8, 4) is 5.75 Å². The lowest BCUT2D eigenvalue weighted by Crippen LogP contribution is -2.39. The van der Waals surface area contributed by atoms with Crippen molar-refractivity contribution in [3.05, 3.63) is 28.3 Å². The Morgan fingerprint density at radius 1 is 1.47 bits per heavy atom. The van der Waals surface area contributed by atoms with Crippen molar-refractivity contribution in [1.82, 2.24) is 0 Å². The standard InChI is InChI=1S/C10H12N4O5/c11-6(4-9(12)16)10(17)13-7-3-5(14(18)19)1-2-8(7)15/h1-3,6,15H,4,11H2,(H2,12,16)(H,13,17). The number of hydrogen-bond acceptors (Lipinski definition) is 6. The molecule has 19 heavy (non-hydrogen) atoms. The van der Waals surface area contributed by atoms with Gasteiger partial charge in [-0.25, -0.2) is 0 Å². The largest absolute Gasteiger partial charge is 0.506 e. The first-order chi connectivity index (χ1) is 8.81. The highest BCUT2D eigenvalue weighted by atomic mass is 16.6. The molecular weight excluding hydrogens is 256 g/mol. The van der Waals surface area contributed by atoms with Crippen LogP contribution in [0.15, 0.2) is 18.2 Å². The van der Waals surface area contributed by atoms with Crippen LogP contribution in [-0.4, -0.2) is 27.9 Å². The Morgan fingerprint density at radius 3 is 2.63 bits per heavy atom. The van der Waals surface area contributed by atoms with Crippen molar-refractivity contribution in [2.75, 3.05) is 5.32 Å². The molecule has 1 unspecified atom stereocenters. The van der Waals surface area contributed by atoms with E-state index < -0.39 is 22.8 Å². The molecule has 1 aromatic rings. The van der Waals surface area contributed by atoms with E-state index in [2.05, 4.69) is 5.32 Å². The van der Waals surface area contributed by atoms with Crippen molar-refractivity contribution < 1.29 is 19.6 Å². The van der Waals surface area contributed by atoms with Crippen LogP contribution in [0.3, 0.4) is 0 Å². The topological polar surface area (TPSA) is 162 Å². The summed E-state index contributed by atoms with van der Waals surface area (Å²) >= 11 is 0. The summed E-state index contributed by atoms with van der Waals surface area (Å²) < 4.78 is 0. The van der Waals surface area contributed by atoms with Gasteiger partial charge in [0, 0.05) is 12.1 Å². The Morgan fingerprint density at radius 2 is 2.11 bits per heavy atom. The van der Waals surface area contributed by atoms with E-state index in [0.29, 0.717) is 0 Å². The van der Waals surface area contributed by atoms with Crippen molar-refractivity contribution in [2.45, 2.75) is 12.5 Å². The molecule has 0 heterocycles. The van der Waals surface area contributed by atoms with Gasteiger partial charge in [-0.2, -0.15) is 0 Å². The fraction of sp³-hybridized carbons (Fsp3) is 0.200. The van der Waals surface area contributed by atoms with E-state index in [1.165, 1.54) is 0 Å². The van der Waals surface area contributed by atoms with Crippen LogP contribution in [0.25, 0.3) is 0 Å². The number of nitrogens with one attached hydrogen (secondary N) is 1. The van der Waals surface area contributed by atoms with Gasteiger partial charge in [-0.3, -0.25) is 19.7 Å². The number of carbonyl (C=O) groups excluding carboxylic acids is 2. The van der Waals surface area contributed by atoms with Gasteiger partial charge in [0.05, 0.1) is 23.1 Å². The van der Waals surface area contributed by atoms with Crippen LogP contribution in [0.1, 0.15) is 6.42 Å². The molecule has 0 aliphatic carbocycles. The molecule has 0 radical (unpaired) electrons. The van der Waals surface area contributed by atoms with Gasteiger partial charge in [0.2, 0.25) is 11.8 Å². The molecule has 0 aromatic heterocycles. The fourth-order valence-electron chi connectivity index (χ4n) is 1.27. The second-order valence-corrected chi connectivity index (χ2v) is 3.72. The van der Waals surface area contributed by atoms with E-state index in [9.17, 15) is 24.8 Å². The molecule has 0 spiro atoms. The number of amides is 2. The molecule has 0 saturated heterocycles. The Labute approximate surface area is 107 Å². The average molecular weight is 268 g/mol. The summed E-state index contributed by atoms with van der Waals surface area (Å²) in [4.78, 5) is 32.0. The van der Waals surface area contributed by atoms with Gasteiger partial charge in [-0.1, -0.05) is 0 Å². The first-order valence-electron chi connectivity index (χ1n) is 5.13. The summed E-state index contributed by atoms with van der Waals surface area (Å²) in [5.74, 6) is -1.90. The maximum absolute atomic E-state index is 11.6. The number of rotatable bonds is 5. The summed E-state index contributed by atoms with van der Waals surface area (Å²) in [6.45, 7) is 0. The number of nitro groups is 1. The van der Waals surface area contributed by atoms with Crippen LogP contribution in [0.4, 0.5) is 11.4 Å². The number of nitrogens with zero attached hydrogens (tertiary/aromatic N) is 1. The third kappa shape index (κ3) is 3.92. The zero-order valence-electron chi connectivity index (χ0n) is 9.70. The Balaban J connectivity index is 2.86. The van der Waals surface area contributed by atoms with Gasteiger partial charge >= 0.3 is 0 Å². The summed E-state index contributed by atoms with van der Waals surface area (Å²) in [6.07, 6.45) is -0.373. The van der Waals surface area contributed by atoms with Crippen molar-refractivity contribution >= 4 is 23.2 Å². The van der Waals surface area contributed by atoms with E-state index in [-0.39, 0.29) is 23.5 Å². The third-order valence-corrected chi connectivity index (χ3v) is 2.21. The summed E-state index contributed by atoms with van der Waals surface area (Å²) in [5.41, 5.74) is 9.79. The summed E-state index contributed by atoms with van der Waals surface area (Å²) in [6, 6.07) is 1.92. The molecule has 6 N–H and O–H groups in total. The normalized spacial score (nSPS) is 11.6. The summed E-state index contributed by atoms with van der Waals surface area (Å²) in [5, 5.41) is 22.2. The zero-order valence-corrected chi connectivity index (χ0v) is 9.70. The zero-order chi connectivity index (χ0) is 14.6. The van der Waals surface area contributed by atoms with Gasteiger partial charge in [-0.15, -0.1) is 0 Å². The number of primary amides is 1. The highest BCUT2D eigenvalue weighted by Crippen LogP contribution is 2.27. The average Bonchev–Trinajstić information content (AvgIpc) is 2.30. The minimum absolute atomic E-state index is 0.167. The van der Waals surface area contributed by atoms with E-state index in [0.717, 1.165) is 18.2 Å². The number of aromatic hydroxyl groups is 1. The monoisotopic (exact) mass is 268 g/mol. The Hall–Kier alpha value is -2.68. The second kappa shape index (κ2) is 5.78. The fourth-order valence-corrected chi connectivity index (χ4v) is 1.27. The summed E-state index contributed by atoms with van der Waals surface area (Å²) in [7, 11) is 0. The van der Waals surface area contributed by atoms with E-state index in [1.807, 2.05) is 0 Å². The van der Waals surface area contributed by atoms with E-state index >= 15 is 0 Å². The molecule has 1 rings (SSSR count). The second-order valence-electron chi connectivity index (χ2n) is 3.72. The van der Waals surface area contributed by atoms with Gasteiger partial charge in [0.1, 0.15) is 5.75 Å². The Kier molecular flexibility index (Phi) is 4.37. The quantitative estimate of drug-likeness (QED) is 0.318. The number of nitrogens with two attached hydrogens (primary N) is 2. The number of anilines is 1. The molecule has 1 aromatic carbocycles. The van der Waals surface area contributed by atoms with Gasteiger partial charge in [0.15, 0.2) is 0 Å². The molecule has 102 valence electrons. The first kappa shape index (κ1) is 14.4. The number of phenolic OH excluding ortho intramolecular Hbond substituents is 1. The molecule has 1 atom stereocenters. The predicted octanol–water partition coefficient (Wildman–Crippen LogP) is -0.558. The number of nitro benzene ring substituents is 1. The number of non-ortho nitro benzene ring substituents is 1. The van der Waals surface area contributed by atoms with Crippen LogP contribution in [-0.2, 0) is 9.59 Å². The molecule has 9 nitrogen and oxygen atoms in total. The maximum atomic E-state index is 11.6. The molecule has 0 fully saturated rings.